The third-order valence-corrected chi connectivity index (χ3v) is 4.17. The molecule has 23 heavy (non-hydrogen) atoms. The van der Waals surface area contributed by atoms with Crippen LogP contribution in [0.3, 0.4) is 0 Å². The minimum atomic E-state index is 0.0265. The molecule has 0 spiro atoms. The average Bonchev–Trinajstić information content (AvgIpc) is 2.98. The van der Waals surface area contributed by atoms with Gasteiger partial charge in [0.1, 0.15) is 11.3 Å². The Balaban J connectivity index is 1.51. The maximum atomic E-state index is 12.1. The van der Waals surface area contributed by atoms with Crippen molar-refractivity contribution in [3.8, 4) is 5.75 Å². The molecule has 1 aromatic carbocycles. The van der Waals surface area contributed by atoms with E-state index >= 15 is 0 Å². The van der Waals surface area contributed by atoms with E-state index in [9.17, 15) is 4.79 Å². The van der Waals surface area contributed by atoms with Crippen LogP contribution in [0, 0.1) is 0 Å². The Morgan fingerprint density at radius 3 is 3.00 bits per heavy atom. The van der Waals surface area contributed by atoms with Crippen molar-refractivity contribution in [2.24, 2.45) is 0 Å². The average molecular weight is 317 g/mol. The fourth-order valence-corrected chi connectivity index (χ4v) is 2.85. The number of nitrogens with zero attached hydrogens (tertiary/aromatic N) is 1. The van der Waals surface area contributed by atoms with Gasteiger partial charge in [0.2, 0.25) is 5.91 Å². The first-order valence-electron chi connectivity index (χ1n) is 8.00. The van der Waals surface area contributed by atoms with Gasteiger partial charge in [0, 0.05) is 56.3 Å². The molecule has 0 radical (unpaired) electrons. The molecule has 1 aliphatic rings. The number of piperazine rings is 1. The summed E-state index contributed by atoms with van der Waals surface area (Å²) < 4.78 is 10.7. The Labute approximate surface area is 135 Å². The summed E-state index contributed by atoms with van der Waals surface area (Å²) in [6.07, 6.45) is 1.99. The SMILES string of the molecule is COc1ccc2c(CC(=O)NCCN3CCNCC3)coc2c1. The number of methoxy groups -OCH3 is 1. The van der Waals surface area contributed by atoms with Crippen molar-refractivity contribution in [1.82, 2.24) is 15.5 Å². The second kappa shape index (κ2) is 7.48. The lowest BCUT2D eigenvalue weighted by atomic mass is 10.1. The van der Waals surface area contributed by atoms with E-state index in [1.807, 2.05) is 18.2 Å². The van der Waals surface area contributed by atoms with Gasteiger partial charge < -0.3 is 19.8 Å². The summed E-state index contributed by atoms with van der Waals surface area (Å²) in [7, 11) is 1.62. The molecule has 1 aromatic heterocycles. The zero-order valence-corrected chi connectivity index (χ0v) is 13.4. The van der Waals surface area contributed by atoms with Crippen LogP contribution in [0.15, 0.2) is 28.9 Å². The number of nitrogens with one attached hydrogen (secondary N) is 2. The largest absolute Gasteiger partial charge is 0.497 e. The van der Waals surface area contributed by atoms with Crippen LogP contribution in [-0.4, -0.2) is 57.2 Å². The van der Waals surface area contributed by atoms with Crippen molar-refractivity contribution < 1.29 is 13.9 Å². The fourth-order valence-electron chi connectivity index (χ4n) is 2.85. The van der Waals surface area contributed by atoms with E-state index in [-0.39, 0.29) is 5.91 Å². The minimum absolute atomic E-state index is 0.0265. The van der Waals surface area contributed by atoms with E-state index in [0.29, 0.717) is 13.0 Å². The molecule has 2 heterocycles. The summed E-state index contributed by atoms with van der Waals surface area (Å²) in [6, 6.07) is 5.64. The summed E-state index contributed by atoms with van der Waals surface area (Å²) in [5, 5.41) is 7.27. The number of carbonyl (C=O) groups is 1. The van der Waals surface area contributed by atoms with E-state index in [2.05, 4.69) is 15.5 Å². The first-order chi connectivity index (χ1) is 11.3. The highest BCUT2D eigenvalue weighted by molar-refractivity contribution is 5.88. The molecule has 2 N–H and O–H groups in total. The first kappa shape index (κ1) is 15.8. The third kappa shape index (κ3) is 4.03. The molecule has 2 aromatic rings. The van der Waals surface area contributed by atoms with E-state index in [4.69, 9.17) is 9.15 Å². The van der Waals surface area contributed by atoms with Gasteiger partial charge in [-0.3, -0.25) is 9.69 Å². The smallest absolute Gasteiger partial charge is 0.224 e. The zero-order valence-electron chi connectivity index (χ0n) is 13.4. The van der Waals surface area contributed by atoms with Gasteiger partial charge in [0.15, 0.2) is 0 Å². The van der Waals surface area contributed by atoms with Crippen LogP contribution >= 0.6 is 0 Å². The third-order valence-electron chi connectivity index (χ3n) is 4.17. The molecule has 1 saturated heterocycles. The highest BCUT2D eigenvalue weighted by Gasteiger charge is 2.12. The van der Waals surface area contributed by atoms with Gasteiger partial charge in [-0.1, -0.05) is 0 Å². The number of furan rings is 1. The second-order valence-corrected chi connectivity index (χ2v) is 5.74. The Hall–Kier alpha value is -2.05. The van der Waals surface area contributed by atoms with E-state index in [0.717, 1.165) is 55.0 Å². The van der Waals surface area contributed by atoms with Gasteiger partial charge in [-0.25, -0.2) is 0 Å². The quantitative estimate of drug-likeness (QED) is 0.832. The highest BCUT2D eigenvalue weighted by atomic mass is 16.5. The molecule has 0 saturated carbocycles. The monoisotopic (exact) mass is 317 g/mol. The Morgan fingerprint density at radius 2 is 2.22 bits per heavy atom. The maximum absolute atomic E-state index is 12.1. The number of benzene rings is 1. The standard InChI is InChI=1S/C17H23N3O3/c1-22-14-2-3-15-13(12-23-16(15)11-14)10-17(21)19-6-9-20-7-4-18-5-8-20/h2-3,11-12,18H,4-10H2,1H3,(H,19,21). The van der Waals surface area contributed by atoms with Crippen LogP contribution in [0.4, 0.5) is 0 Å². The number of ether oxygens (including phenoxy) is 1. The van der Waals surface area contributed by atoms with Crippen LogP contribution in [0.25, 0.3) is 11.0 Å². The van der Waals surface area contributed by atoms with E-state index in [1.54, 1.807) is 13.4 Å². The van der Waals surface area contributed by atoms with Gasteiger partial charge in [0.25, 0.3) is 0 Å². The lowest BCUT2D eigenvalue weighted by Crippen LogP contribution is -2.46. The first-order valence-corrected chi connectivity index (χ1v) is 8.00. The van der Waals surface area contributed by atoms with E-state index < -0.39 is 0 Å². The number of carbonyl (C=O) groups excluding carboxylic acids is 1. The predicted molar refractivity (Wildman–Crippen MR) is 88.8 cm³/mol. The molecular weight excluding hydrogens is 294 g/mol. The molecule has 0 aliphatic carbocycles. The molecule has 1 fully saturated rings. The van der Waals surface area contributed by atoms with Gasteiger partial charge in [-0.15, -0.1) is 0 Å². The van der Waals surface area contributed by atoms with Crippen LogP contribution in [0.1, 0.15) is 5.56 Å². The molecule has 6 heteroatoms. The minimum Gasteiger partial charge on any atom is -0.497 e. The van der Waals surface area contributed by atoms with Gasteiger partial charge in [-0.2, -0.15) is 0 Å². The van der Waals surface area contributed by atoms with Crippen molar-refractivity contribution >= 4 is 16.9 Å². The number of hydrogen-bond donors (Lipinski definition) is 2. The molecule has 3 rings (SSSR count). The molecule has 1 amide bonds. The Morgan fingerprint density at radius 1 is 1.39 bits per heavy atom. The topological polar surface area (TPSA) is 66.7 Å². The maximum Gasteiger partial charge on any atom is 0.224 e. The Kier molecular flexibility index (Phi) is 5.15. The second-order valence-electron chi connectivity index (χ2n) is 5.74. The molecular formula is C17H23N3O3. The van der Waals surface area contributed by atoms with Crippen molar-refractivity contribution in [1.29, 1.82) is 0 Å². The lowest BCUT2D eigenvalue weighted by Gasteiger charge is -2.27. The van der Waals surface area contributed by atoms with E-state index in [1.165, 1.54) is 0 Å². The normalized spacial score (nSPS) is 15.7. The molecule has 0 unspecified atom stereocenters. The molecule has 124 valence electrons. The summed E-state index contributed by atoms with van der Waals surface area (Å²) >= 11 is 0. The van der Waals surface area contributed by atoms with Crippen molar-refractivity contribution in [2.45, 2.75) is 6.42 Å². The van der Waals surface area contributed by atoms with Gasteiger partial charge >= 0.3 is 0 Å². The number of rotatable bonds is 6. The van der Waals surface area contributed by atoms with Crippen LogP contribution in [0.5, 0.6) is 5.75 Å². The fraction of sp³-hybridized carbons (Fsp3) is 0.471. The molecule has 0 atom stereocenters. The van der Waals surface area contributed by atoms with Crippen LogP contribution < -0.4 is 15.4 Å². The number of fused-ring (bicyclic) bond motifs is 1. The predicted octanol–water partition coefficient (Wildman–Crippen LogP) is 1.01. The summed E-state index contributed by atoms with van der Waals surface area (Å²) in [4.78, 5) is 14.5. The molecule has 6 nitrogen and oxygen atoms in total. The Bertz CT molecular complexity index is 662. The van der Waals surface area contributed by atoms with Crippen LogP contribution in [0.2, 0.25) is 0 Å². The number of amides is 1. The van der Waals surface area contributed by atoms with Crippen LogP contribution in [-0.2, 0) is 11.2 Å². The van der Waals surface area contributed by atoms with Crippen molar-refractivity contribution in [3.63, 3.8) is 0 Å². The van der Waals surface area contributed by atoms with Gasteiger partial charge in [0.05, 0.1) is 19.8 Å². The summed E-state index contributed by atoms with van der Waals surface area (Å²) in [5.74, 6) is 0.775. The van der Waals surface area contributed by atoms with Crippen molar-refractivity contribution in [3.05, 3.63) is 30.0 Å². The lowest BCUT2D eigenvalue weighted by molar-refractivity contribution is -0.120. The summed E-state index contributed by atoms with van der Waals surface area (Å²) in [5.41, 5.74) is 1.65. The zero-order chi connectivity index (χ0) is 16.1. The van der Waals surface area contributed by atoms with Gasteiger partial charge in [-0.05, 0) is 12.1 Å². The van der Waals surface area contributed by atoms with Crippen molar-refractivity contribution in [2.75, 3.05) is 46.4 Å². The summed E-state index contributed by atoms with van der Waals surface area (Å²) in [6.45, 7) is 5.73. The molecule has 0 bridgehead atoms. The highest BCUT2D eigenvalue weighted by Crippen LogP contribution is 2.25. The molecule has 1 aliphatic heterocycles. The number of hydrogen-bond acceptors (Lipinski definition) is 5.